The molecule has 0 bridgehead atoms. The topological polar surface area (TPSA) is 73.5 Å². The number of amides is 1. The normalized spacial score (nSPS) is 11.1. The molecule has 24 heavy (non-hydrogen) atoms. The molecule has 0 fully saturated rings. The first kappa shape index (κ1) is 17.9. The number of nitrogens with zero attached hydrogens (tertiary/aromatic N) is 2. The summed E-state index contributed by atoms with van der Waals surface area (Å²) in [6.07, 6.45) is 0. The fraction of sp³-hybridized carbons (Fsp3) is 0.389. The van der Waals surface area contributed by atoms with Gasteiger partial charge < -0.3 is 14.8 Å². The number of H-pyrrole nitrogens is 1. The van der Waals surface area contributed by atoms with Crippen LogP contribution >= 0.6 is 0 Å². The van der Waals surface area contributed by atoms with Gasteiger partial charge in [0.05, 0.1) is 11.3 Å². The Balaban J connectivity index is 2.46. The number of rotatable bonds is 6. The number of aromatic nitrogens is 1. The highest BCUT2D eigenvalue weighted by Crippen LogP contribution is 2.23. The molecule has 0 aliphatic rings. The minimum absolute atomic E-state index is 0.0912. The number of likely N-dealkylation sites (N-methyl/N-ethyl adjacent to an activating group) is 2. The average molecular weight is 329 g/mol. The van der Waals surface area contributed by atoms with Crippen molar-refractivity contribution in [3.05, 3.63) is 35.0 Å². The molecule has 1 heterocycles. The van der Waals surface area contributed by atoms with Crippen molar-refractivity contribution in [1.82, 2.24) is 14.8 Å². The Morgan fingerprint density at radius 3 is 2.12 bits per heavy atom. The van der Waals surface area contributed by atoms with Gasteiger partial charge in [-0.15, -0.1) is 0 Å². The number of Topliss-reactive ketones (excluding diaryl/α,β-unsaturated/α-hetero) is 2. The molecule has 0 aliphatic heterocycles. The highest BCUT2D eigenvalue weighted by Gasteiger charge is 2.20. The van der Waals surface area contributed by atoms with Gasteiger partial charge in [-0.3, -0.25) is 14.4 Å². The number of fused-ring (bicyclic) bond motifs is 1. The second-order valence-electron chi connectivity index (χ2n) is 6.31. The largest absolute Gasteiger partial charge is 0.352 e. The van der Waals surface area contributed by atoms with E-state index in [9.17, 15) is 14.4 Å². The van der Waals surface area contributed by atoms with Crippen LogP contribution in [0.15, 0.2) is 18.2 Å². The molecule has 6 nitrogen and oxygen atoms in total. The molecule has 0 aliphatic carbocycles. The van der Waals surface area contributed by atoms with Crippen LogP contribution in [0.5, 0.6) is 0 Å². The monoisotopic (exact) mass is 329 g/mol. The lowest BCUT2D eigenvalue weighted by Gasteiger charge is -2.20. The van der Waals surface area contributed by atoms with Gasteiger partial charge in [-0.25, -0.2) is 0 Å². The molecule has 0 saturated heterocycles. The number of carbonyl (C=O) groups is 3. The number of hydrogen-bond acceptors (Lipinski definition) is 4. The van der Waals surface area contributed by atoms with Crippen molar-refractivity contribution in [2.45, 2.75) is 13.8 Å². The van der Waals surface area contributed by atoms with Crippen LogP contribution in [0.4, 0.5) is 0 Å². The molecule has 1 aromatic heterocycles. The van der Waals surface area contributed by atoms with Gasteiger partial charge in [-0.1, -0.05) is 0 Å². The maximum Gasteiger partial charge on any atom is 0.254 e. The van der Waals surface area contributed by atoms with Gasteiger partial charge in [-0.05, 0) is 39.2 Å². The van der Waals surface area contributed by atoms with E-state index in [1.807, 2.05) is 19.0 Å². The molecule has 2 rings (SSSR count). The summed E-state index contributed by atoms with van der Waals surface area (Å²) in [5, 5.41) is 0.748. The van der Waals surface area contributed by atoms with E-state index in [1.54, 1.807) is 30.1 Å². The second kappa shape index (κ2) is 6.97. The molecule has 128 valence electrons. The molecule has 0 spiro atoms. The third-order valence-corrected chi connectivity index (χ3v) is 3.98. The van der Waals surface area contributed by atoms with Gasteiger partial charge in [0.2, 0.25) is 0 Å². The molecule has 0 unspecified atom stereocenters. The van der Waals surface area contributed by atoms with Crippen LogP contribution in [0, 0.1) is 0 Å². The van der Waals surface area contributed by atoms with Crippen LogP contribution in [0.2, 0.25) is 0 Å². The van der Waals surface area contributed by atoms with Crippen LogP contribution < -0.4 is 0 Å². The van der Waals surface area contributed by atoms with Crippen LogP contribution in [0.25, 0.3) is 10.9 Å². The third kappa shape index (κ3) is 3.71. The molecular formula is C18H23N3O3. The molecule has 1 N–H and O–H groups in total. The van der Waals surface area contributed by atoms with E-state index in [0.717, 1.165) is 11.9 Å². The van der Waals surface area contributed by atoms with Crippen LogP contribution in [0.1, 0.15) is 45.1 Å². The van der Waals surface area contributed by atoms with E-state index in [2.05, 4.69) is 4.98 Å². The first-order chi connectivity index (χ1) is 11.2. The minimum atomic E-state index is -0.206. The predicted octanol–water partition coefficient (Wildman–Crippen LogP) is 2.21. The Bertz CT molecular complexity index is 805. The second-order valence-corrected chi connectivity index (χ2v) is 6.31. The molecule has 0 atom stereocenters. The predicted molar refractivity (Wildman–Crippen MR) is 93.8 cm³/mol. The zero-order valence-corrected chi connectivity index (χ0v) is 14.8. The Labute approximate surface area is 141 Å². The van der Waals surface area contributed by atoms with E-state index in [1.165, 1.54) is 13.8 Å². The number of nitrogens with one attached hydrogen (secondary N) is 1. The summed E-state index contributed by atoms with van der Waals surface area (Å²) in [5.41, 5.74) is 1.87. The number of hydrogen-bond donors (Lipinski definition) is 1. The standard InChI is InChI=1S/C18H23N3O3/c1-11(22)14-8-13-9-16(12(2)23)19-17(13)10-15(14)18(24)21(5)7-6-20(3)4/h8-10,19H,6-7H2,1-5H3. The molecule has 1 amide bonds. The zero-order valence-electron chi connectivity index (χ0n) is 14.8. The van der Waals surface area contributed by atoms with E-state index < -0.39 is 0 Å². The molecule has 0 radical (unpaired) electrons. The number of benzene rings is 1. The van der Waals surface area contributed by atoms with Crippen molar-refractivity contribution in [2.24, 2.45) is 0 Å². The van der Waals surface area contributed by atoms with E-state index in [4.69, 9.17) is 0 Å². The van der Waals surface area contributed by atoms with Crippen LogP contribution in [-0.2, 0) is 0 Å². The summed E-state index contributed by atoms with van der Waals surface area (Å²) < 4.78 is 0. The van der Waals surface area contributed by atoms with Crippen molar-refractivity contribution in [3.8, 4) is 0 Å². The quantitative estimate of drug-likeness (QED) is 0.825. The fourth-order valence-corrected chi connectivity index (χ4v) is 2.50. The van der Waals surface area contributed by atoms with E-state index in [-0.39, 0.29) is 17.5 Å². The Hall–Kier alpha value is -2.47. The molecule has 0 saturated carbocycles. The van der Waals surface area contributed by atoms with Crippen LogP contribution in [0.3, 0.4) is 0 Å². The Morgan fingerprint density at radius 2 is 1.58 bits per heavy atom. The fourth-order valence-electron chi connectivity index (χ4n) is 2.50. The summed E-state index contributed by atoms with van der Waals surface area (Å²) >= 11 is 0. The highest BCUT2D eigenvalue weighted by molar-refractivity contribution is 6.11. The maximum atomic E-state index is 12.7. The smallest absolute Gasteiger partial charge is 0.254 e. The zero-order chi connectivity index (χ0) is 18.0. The Kier molecular flexibility index (Phi) is 5.19. The Morgan fingerprint density at radius 1 is 0.917 bits per heavy atom. The van der Waals surface area contributed by atoms with Crippen molar-refractivity contribution in [1.29, 1.82) is 0 Å². The lowest BCUT2D eigenvalue weighted by molar-refractivity contribution is 0.0781. The summed E-state index contributed by atoms with van der Waals surface area (Å²) in [4.78, 5) is 42.9. The molecule has 1 aromatic carbocycles. The third-order valence-electron chi connectivity index (χ3n) is 3.98. The lowest BCUT2D eigenvalue weighted by atomic mass is 10.0. The first-order valence-corrected chi connectivity index (χ1v) is 7.79. The lowest BCUT2D eigenvalue weighted by Crippen LogP contribution is -2.34. The summed E-state index contributed by atoms with van der Waals surface area (Å²) in [6.45, 7) is 4.20. The highest BCUT2D eigenvalue weighted by atomic mass is 16.2. The molecule has 6 heteroatoms. The maximum absolute atomic E-state index is 12.7. The van der Waals surface area contributed by atoms with Crippen LogP contribution in [-0.4, -0.2) is 66.5 Å². The summed E-state index contributed by atoms with van der Waals surface area (Å²) in [7, 11) is 5.59. The number of aromatic amines is 1. The van der Waals surface area contributed by atoms with Gasteiger partial charge >= 0.3 is 0 Å². The molecule has 2 aromatic rings. The first-order valence-electron chi connectivity index (χ1n) is 7.79. The minimum Gasteiger partial charge on any atom is -0.352 e. The van der Waals surface area contributed by atoms with Gasteiger partial charge in [0.15, 0.2) is 11.6 Å². The average Bonchev–Trinajstić information content (AvgIpc) is 2.93. The van der Waals surface area contributed by atoms with Crippen molar-refractivity contribution in [3.63, 3.8) is 0 Å². The molecular weight excluding hydrogens is 306 g/mol. The number of ketones is 2. The van der Waals surface area contributed by atoms with Crippen molar-refractivity contribution >= 4 is 28.4 Å². The number of carbonyl (C=O) groups excluding carboxylic acids is 3. The van der Waals surface area contributed by atoms with Crippen molar-refractivity contribution in [2.75, 3.05) is 34.2 Å². The summed E-state index contributed by atoms with van der Waals surface area (Å²) in [6, 6.07) is 5.04. The van der Waals surface area contributed by atoms with E-state index >= 15 is 0 Å². The summed E-state index contributed by atoms with van der Waals surface area (Å²) in [5.74, 6) is -0.471. The van der Waals surface area contributed by atoms with Gasteiger partial charge in [0, 0.05) is 43.5 Å². The van der Waals surface area contributed by atoms with E-state index in [0.29, 0.717) is 28.9 Å². The van der Waals surface area contributed by atoms with Crippen molar-refractivity contribution < 1.29 is 14.4 Å². The van der Waals surface area contributed by atoms with Gasteiger partial charge in [-0.2, -0.15) is 0 Å². The van der Waals surface area contributed by atoms with Gasteiger partial charge in [0.1, 0.15) is 0 Å². The van der Waals surface area contributed by atoms with Gasteiger partial charge in [0.25, 0.3) is 5.91 Å². The SMILES string of the molecule is CC(=O)c1cc2cc(C(C)=O)c(C(=O)N(C)CCN(C)C)cc2[nH]1.